The minimum Gasteiger partial charge on any atom is -0.347 e. The largest absolute Gasteiger partial charge is 0.347 e. The molecular formula is C22H19FN2O2S. The lowest BCUT2D eigenvalue weighted by Gasteiger charge is -2.12. The molecule has 2 amide bonds. The highest BCUT2D eigenvalue weighted by Crippen LogP contribution is 2.35. The van der Waals surface area contributed by atoms with Crippen LogP contribution in [0.1, 0.15) is 24.5 Å². The summed E-state index contributed by atoms with van der Waals surface area (Å²) in [5, 5.41) is 0.661. The number of nitrogens with zero attached hydrogens (tertiary/aromatic N) is 2. The first-order valence-corrected chi connectivity index (χ1v) is 9.96. The molecule has 0 aliphatic carbocycles. The van der Waals surface area contributed by atoms with Crippen LogP contribution in [0.3, 0.4) is 0 Å². The molecule has 1 aliphatic rings. The highest BCUT2D eigenvalue weighted by molar-refractivity contribution is 8.18. The molecule has 0 atom stereocenters. The number of fused-ring (bicyclic) bond motifs is 1. The number of hydrogen-bond donors (Lipinski definition) is 0. The monoisotopic (exact) mass is 394 g/mol. The fourth-order valence-corrected chi connectivity index (χ4v) is 4.22. The molecule has 3 aromatic rings. The van der Waals surface area contributed by atoms with Crippen LogP contribution in [0.2, 0.25) is 0 Å². The summed E-state index contributed by atoms with van der Waals surface area (Å²) in [5.41, 5.74) is 2.33. The van der Waals surface area contributed by atoms with Crippen molar-refractivity contribution in [3.8, 4) is 0 Å². The maximum atomic E-state index is 13.9. The highest BCUT2D eigenvalue weighted by atomic mass is 32.2. The molecule has 0 radical (unpaired) electrons. The normalized spacial score (nSPS) is 15.9. The maximum absolute atomic E-state index is 13.9. The second-order valence-electron chi connectivity index (χ2n) is 6.65. The number of imide groups is 1. The van der Waals surface area contributed by atoms with E-state index in [0.29, 0.717) is 10.5 Å². The van der Waals surface area contributed by atoms with Gasteiger partial charge in [-0.2, -0.15) is 0 Å². The number of hydrogen-bond acceptors (Lipinski definition) is 3. The van der Waals surface area contributed by atoms with Crippen molar-refractivity contribution in [1.82, 2.24) is 9.47 Å². The van der Waals surface area contributed by atoms with Gasteiger partial charge in [-0.25, -0.2) is 4.39 Å². The number of thioether (sulfide) groups is 1. The fourth-order valence-electron chi connectivity index (χ4n) is 3.39. The van der Waals surface area contributed by atoms with Crippen molar-refractivity contribution in [2.45, 2.75) is 26.4 Å². The van der Waals surface area contributed by atoms with E-state index in [4.69, 9.17) is 0 Å². The molecule has 4 rings (SSSR count). The standard InChI is InChI=1S/C22H19FN2O2S/c1-2-11-24-13-16(17-8-4-6-10-19(17)24)12-20-21(26)25(22(27)28-20)14-15-7-3-5-9-18(15)23/h3-10,12-13H,2,11,14H2,1H3/b20-12-. The Labute approximate surface area is 166 Å². The molecule has 1 saturated heterocycles. The van der Waals surface area contributed by atoms with Gasteiger partial charge in [0.25, 0.3) is 11.1 Å². The molecule has 28 heavy (non-hydrogen) atoms. The van der Waals surface area contributed by atoms with Crippen molar-refractivity contribution in [2.24, 2.45) is 0 Å². The zero-order chi connectivity index (χ0) is 19.7. The number of amides is 2. The second-order valence-corrected chi connectivity index (χ2v) is 7.65. The molecule has 4 nitrogen and oxygen atoms in total. The average molecular weight is 394 g/mol. The molecule has 0 spiro atoms. The topological polar surface area (TPSA) is 42.3 Å². The number of carbonyl (C=O) groups is 2. The summed E-state index contributed by atoms with van der Waals surface area (Å²) in [5.74, 6) is -0.807. The van der Waals surface area contributed by atoms with Crippen LogP contribution >= 0.6 is 11.8 Å². The lowest BCUT2D eigenvalue weighted by Crippen LogP contribution is -2.27. The summed E-state index contributed by atoms with van der Waals surface area (Å²) in [6.07, 6.45) is 4.77. The smallest absolute Gasteiger partial charge is 0.293 e. The van der Waals surface area contributed by atoms with Crippen molar-refractivity contribution in [2.75, 3.05) is 0 Å². The second kappa shape index (κ2) is 7.64. The van der Waals surface area contributed by atoms with E-state index in [-0.39, 0.29) is 17.7 Å². The van der Waals surface area contributed by atoms with E-state index in [0.717, 1.165) is 46.1 Å². The SMILES string of the molecule is CCCn1cc(/C=C2\SC(=O)N(Cc3ccccc3F)C2=O)c2ccccc21. The number of aromatic nitrogens is 1. The van der Waals surface area contributed by atoms with Crippen LogP contribution in [0.15, 0.2) is 59.6 Å². The van der Waals surface area contributed by atoms with E-state index >= 15 is 0 Å². The van der Waals surface area contributed by atoms with Crippen LogP contribution in [0.5, 0.6) is 0 Å². The van der Waals surface area contributed by atoms with E-state index in [2.05, 4.69) is 11.5 Å². The van der Waals surface area contributed by atoms with Gasteiger partial charge in [0.15, 0.2) is 0 Å². The Hall–Kier alpha value is -2.86. The Morgan fingerprint density at radius 1 is 1.07 bits per heavy atom. The first-order valence-electron chi connectivity index (χ1n) is 9.15. The van der Waals surface area contributed by atoms with Crippen LogP contribution in [0.4, 0.5) is 9.18 Å². The number of carbonyl (C=O) groups excluding carboxylic acids is 2. The molecule has 0 unspecified atom stereocenters. The van der Waals surface area contributed by atoms with Crippen molar-refractivity contribution in [1.29, 1.82) is 0 Å². The third-order valence-electron chi connectivity index (χ3n) is 4.73. The molecule has 1 aromatic heterocycles. The van der Waals surface area contributed by atoms with Gasteiger partial charge in [-0.1, -0.05) is 43.3 Å². The van der Waals surface area contributed by atoms with Crippen molar-refractivity contribution >= 4 is 39.9 Å². The van der Waals surface area contributed by atoms with E-state index in [1.165, 1.54) is 6.07 Å². The molecule has 2 heterocycles. The molecule has 142 valence electrons. The third kappa shape index (κ3) is 3.36. The lowest BCUT2D eigenvalue weighted by molar-refractivity contribution is -0.123. The van der Waals surface area contributed by atoms with Gasteiger partial charge in [0.05, 0.1) is 11.4 Å². The minimum absolute atomic E-state index is 0.0632. The number of benzene rings is 2. The van der Waals surface area contributed by atoms with Crippen LogP contribution in [0, 0.1) is 5.82 Å². The lowest BCUT2D eigenvalue weighted by atomic mass is 10.1. The summed E-state index contributed by atoms with van der Waals surface area (Å²) in [6, 6.07) is 14.2. The Balaban J connectivity index is 1.66. The van der Waals surface area contributed by atoms with Crippen molar-refractivity contribution in [3.63, 3.8) is 0 Å². The molecule has 0 saturated carbocycles. The van der Waals surface area contributed by atoms with Gasteiger partial charge in [-0.15, -0.1) is 0 Å². The summed E-state index contributed by atoms with van der Waals surface area (Å²) in [4.78, 5) is 26.6. The predicted octanol–water partition coefficient (Wildman–Crippen LogP) is 5.43. The summed E-state index contributed by atoms with van der Waals surface area (Å²) in [6.45, 7) is 2.93. The van der Waals surface area contributed by atoms with Gasteiger partial charge < -0.3 is 4.57 Å². The van der Waals surface area contributed by atoms with E-state index < -0.39 is 5.82 Å². The first-order chi connectivity index (χ1) is 13.6. The minimum atomic E-state index is -0.423. The number of para-hydroxylation sites is 1. The Bertz CT molecular complexity index is 1100. The van der Waals surface area contributed by atoms with Gasteiger partial charge in [-0.3, -0.25) is 14.5 Å². The van der Waals surface area contributed by atoms with Gasteiger partial charge in [0, 0.05) is 34.8 Å². The van der Waals surface area contributed by atoms with Crippen molar-refractivity contribution in [3.05, 3.63) is 76.6 Å². The predicted molar refractivity (Wildman–Crippen MR) is 110 cm³/mol. The van der Waals surface area contributed by atoms with E-state index in [9.17, 15) is 14.0 Å². The molecule has 0 bridgehead atoms. The third-order valence-corrected chi connectivity index (χ3v) is 5.64. The quantitative estimate of drug-likeness (QED) is 0.542. The van der Waals surface area contributed by atoms with Crippen molar-refractivity contribution < 1.29 is 14.0 Å². The fraction of sp³-hybridized carbons (Fsp3) is 0.182. The van der Waals surface area contributed by atoms with Crippen LogP contribution < -0.4 is 0 Å². The van der Waals surface area contributed by atoms with E-state index in [1.807, 2.05) is 30.5 Å². The molecule has 0 N–H and O–H groups in total. The van der Waals surface area contributed by atoms with Crippen LogP contribution in [-0.2, 0) is 17.9 Å². The summed E-state index contributed by atoms with van der Waals surface area (Å²) >= 11 is 0.900. The zero-order valence-corrected chi connectivity index (χ0v) is 16.2. The Morgan fingerprint density at radius 3 is 2.61 bits per heavy atom. The highest BCUT2D eigenvalue weighted by Gasteiger charge is 2.35. The molecular weight excluding hydrogens is 375 g/mol. The van der Waals surface area contributed by atoms with Gasteiger partial charge in [0.2, 0.25) is 0 Å². The van der Waals surface area contributed by atoms with Crippen LogP contribution in [0.25, 0.3) is 17.0 Å². The first kappa shape index (κ1) is 18.5. The van der Waals surface area contributed by atoms with Gasteiger partial charge in [-0.05, 0) is 36.4 Å². The zero-order valence-electron chi connectivity index (χ0n) is 15.4. The number of rotatable bonds is 5. The molecule has 6 heteroatoms. The number of halogens is 1. The molecule has 2 aromatic carbocycles. The molecule has 1 fully saturated rings. The summed E-state index contributed by atoms with van der Waals surface area (Å²) in [7, 11) is 0. The van der Waals surface area contributed by atoms with Crippen LogP contribution in [-0.4, -0.2) is 20.6 Å². The maximum Gasteiger partial charge on any atom is 0.293 e. The Morgan fingerprint density at radius 2 is 1.82 bits per heavy atom. The molecule has 1 aliphatic heterocycles. The van der Waals surface area contributed by atoms with Gasteiger partial charge >= 0.3 is 0 Å². The number of aryl methyl sites for hydroxylation is 1. The van der Waals surface area contributed by atoms with Gasteiger partial charge in [0.1, 0.15) is 5.82 Å². The summed E-state index contributed by atoms with van der Waals surface area (Å²) < 4.78 is 16.1. The van der Waals surface area contributed by atoms with E-state index in [1.54, 1.807) is 24.3 Å². The Kier molecular flexibility index (Phi) is 5.05. The average Bonchev–Trinajstić information content (AvgIpc) is 3.16.